The van der Waals surface area contributed by atoms with Crippen LogP contribution in [-0.4, -0.2) is 12.5 Å². The highest BCUT2D eigenvalue weighted by Gasteiger charge is 2.09. The van der Waals surface area contributed by atoms with Gasteiger partial charge in [0.1, 0.15) is 0 Å². The first-order chi connectivity index (χ1) is 6.57. The first kappa shape index (κ1) is 13.2. The number of hydrazine groups is 1. The van der Waals surface area contributed by atoms with Crippen molar-refractivity contribution in [3.05, 3.63) is 11.6 Å². The lowest BCUT2D eigenvalue weighted by Crippen LogP contribution is -2.40. The highest BCUT2D eigenvalue weighted by Crippen LogP contribution is 2.03. The molecule has 0 radical (unpaired) electrons. The molecule has 0 aromatic rings. The average Bonchev–Trinajstić information content (AvgIpc) is 2.12. The number of nitrogens with one attached hydrogen (secondary N) is 2. The summed E-state index contributed by atoms with van der Waals surface area (Å²) in [5.74, 6) is 0.174. The summed E-state index contributed by atoms with van der Waals surface area (Å²) < 4.78 is 0. The fourth-order valence-electron chi connectivity index (χ4n) is 1.08. The highest BCUT2D eigenvalue weighted by atomic mass is 16.2. The van der Waals surface area contributed by atoms with Gasteiger partial charge < -0.3 is 0 Å². The molecular formula is C11H22N2O. The van der Waals surface area contributed by atoms with Crippen molar-refractivity contribution < 1.29 is 4.79 Å². The summed E-state index contributed by atoms with van der Waals surface area (Å²) in [6, 6.07) is 0. The zero-order valence-corrected chi connectivity index (χ0v) is 9.68. The minimum absolute atomic E-state index is 0.0778. The molecule has 0 spiro atoms. The molecule has 0 aromatic heterocycles. The molecule has 1 atom stereocenters. The molecule has 1 amide bonds. The van der Waals surface area contributed by atoms with E-state index in [-0.39, 0.29) is 11.8 Å². The number of carbonyl (C=O) groups is 1. The van der Waals surface area contributed by atoms with E-state index in [9.17, 15) is 4.79 Å². The number of rotatable bonds is 6. The monoisotopic (exact) mass is 198 g/mol. The topological polar surface area (TPSA) is 41.1 Å². The third kappa shape index (κ3) is 6.66. The molecule has 0 saturated carbocycles. The fourth-order valence-corrected chi connectivity index (χ4v) is 1.08. The van der Waals surface area contributed by atoms with Crippen molar-refractivity contribution in [3.63, 3.8) is 0 Å². The molecule has 0 aliphatic heterocycles. The van der Waals surface area contributed by atoms with Gasteiger partial charge in [0.15, 0.2) is 0 Å². The van der Waals surface area contributed by atoms with E-state index in [1.54, 1.807) is 0 Å². The van der Waals surface area contributed by atoms with Crippen LogP contribution in [0, 0.1) is 5.92 Å². The lowest BCUT2D eigenvalue weighted by molar-refractivity contribution is -0.125. The van der Waals surface area contributed by atoms with Crippen molar-refractivity contribution in [2.24, 2.45) is 5.92 Å². The van der Waals surface area contributed by atoms with E-state index in [2.05, 4.69) is 17.8 Å². The van der Waals surface area contributed by atoms with Crippen LogP contribution in [0.5, 0.6) is 0 Å². The zero-order valence-electron chi connectivity index (χ0n) is 9.68. The van der Waals surface area contributed by atoms with Gasteiger partial charge in [-0.25, -0.2) is 5.43 Å². The van der Waals surface area contributed by atoms with Crippen molar-refractivity contribution in [1.29, 1.82) is 0 Å². The smallest absolute Gasteiger partial charge is 0.236 e. The Hall–Kier alpha value is -0.830. The lowest BCUT2D eigenvalue weighted by atomic mass is 10.1. The molecule has 0 rings (SSSR count). The van der Waals surface area contributed by atoms with E-state index >= 15 is 0 Å². The molecule has 2 N–H and O–H groups in total. The van der Waals surface area contributed by atoms with Crippen LogP contribution in [0.1, 0.15) is 40.5 Å². The first-order valence-electron chi connectivity index (χ1n) is 5.24. The van der Waals surface area contributed by atoms with E-state index in [1.807, 2.05) is 26.8 Å². The number of amides is 1. The minimum atomic E-state index is 0.0778. The average molecular weight is 198 g/mol. The Morgan fingerprint density at radius 1 is 1.43 bits per heavy atom. The van der Waals surface area contributed by atoms with E-state index in [0.717, 1.165) is 12.8 Å². The third-order valence-corrected chi connectivity index (χ3v) is 1.99. The molecule has 0 aromatic carbocycles. The van der Waals surface area contributed by atoms with E-state index < -0.39 is 0 Å². The van der Waals surface area contributed by atoms with Crippen LogP contribution in [0.4, 0.5) is 0 Å². The highest BCUT2D eigenvalue weighted by molar-refractivity contribution is 5.77. The Morgan fingerprint density at radius 3 is 2.57 bits per heavy atom. The maximum absolute atomic E-state index is 11.4. The van der Waals surface area contributed by atoms with Gasteiger partial charge in [-0.1, -0.05) is 31.9 Å². The van der Waals surface area contributed by atoms with Gasteiger partial charge in [-0.15, -0.1) is 0 Å². The summed E-state index contributed by atoms with van der Waals surface area (Å²) in [7, 11) is 0. The van der Waals surface area contributed by atoms with Crippen LogP contribution in [0.2, 0.25) is 0 Å². The molecule has 0 fully saturated rings. The van der Waals surface area contributed by atoms with Crippen molar-refractivity contribution >= 4 is 5.91 Å². The van der Waals surface area contributed by atoms with Gasteiger partial charge >= 0.3 is 0 Å². The van der Waals surface area contributed by atoms with Gasteiger partial charge in [-0.05, 0) is 20.3 Å². The second kappa shape index (κ2) is 7.56. The van der Waals surface area contributed by atoms with Crippen LogP contribution < -0.4 is 10.9 Å². The molecule has 0 bridgehead atoms. The Bertz CT molecular complexity index is 195. The van der Waals surface area contributed by atoms with Crippen LogP contribution in [0.3, 0.4) is 0 Å². The van der Waals surface area contributed by atoms with Gasteiger partial charge in [-0.2, -0.15) is 0 Å². The fraction of sp³-hybridized carbons (Fsp3) is 0.727. The number of hydrogen-bond donors (Lipinski definition) is 2. The largest absolute Gasteiger partial charge is 0.291 e. The lowest BCUT2D eigenvalue weighted by Gasteiger charge is -2.10. The molecule has 0 aliphatic carbocycles. The maximum atomic E-state index is 11.4. The molecule has 0 aliphatic rings. The molecule has 3 nitrogen and oxygen atoms in total. The van der Waals surface area contributed by atoms with Crippen molar-refractivity contribution in [2.75, 3.05) is 6.54 Å². The normalized spacial score (nSPS) is 12.0. The molecule has 14 heavy (non-hydrogen) atoms. The van der Waals surface area contributed by atoms with Gasteiger partial charge in [0.2, 0.25) is 5.91 Å². The maximum Gasteiger partial charge on any atom is 0.236 e. The van der Waals surface area contributed by atoms with Crippen molar-refractivity contribution in [3.8, 4) is 0 Å². The summed E-state index contributed by atoms with van der Waals surface area (Å²) in [5, 5.41) is 0. The van der Waals surface area contributed by atoms with Gasteiger partial charge in [0.05, 0.1) is 0 Å². The molecule has 3 heteroatoms. The minimum Gasteiger partial charge on any atom is -0.291 e. The van der Waals surface area contributed by atoms with E-state index in [0.29, 0.717) is 6.54 Å². The Labute approximate surface area is 86.9 Å². The second-order valence-electron chi connectivity index (χ2n) is 3.84. The predicted octanol–water partition coefficient (Wildman–Crippen LogP) is 2.01. The van der Waals surface area contributed by atoms with E-state index in [4.69, 9.17) is 0 Å². The number of carbonyl (C=O) groups excluding carboxylic acids is 1. The summed E-state index contributed by atoms with van der Waals surface area (Å²) in [6.07, 6.45) is 4.02. The molecule has 0 saturated heterocycles. The first-order valence-corrected chi connectivity index (χ1v) is 5.24. The van der Waals surface area contributed by atoms with Crippen molar-refractivity contribution in [1.82, 2.24) is 10.9 Å². The van der Waals surface area contributed by atoms with Gasteiger partial charge in [-0.3, -0.25) is 10.2 Å². The molecule has 82 valence electrons. The summed E-state index contributed by atoms with van der Waals surface area (Å²) in [4.78, 5) is 11.4. The van der Waals surface area contributed by atoms with Crippen molar-refractivity contribution in [2.45, 2.75) is 40.5 Å². The Balaban J connectivity index is 3.58. The Morgan fingerprint density at radius 2 is 2.07 bits per heavy atom. The van der Waals surface area contributed by atoms with Crippen LogP contribution in [-0.2, 0) is 4.79 Å². The zero-order chi connectivity index (χ0) is 11.0. The molecule has 1 unspecified atom stereocenters. The van der Waals surface area contributed by atoms with Gasteiger partial charge in [0, 0.05) is 12.5 Å². The number of allylic oxidation sites excluding steroid dienone is 1. The van der Waals surface area contributed by atoms with Crippen LogP contribution in [0.25, 0.3) is 0 Å². The van der Waals surface area contributed by atoms with Crippen LogP contribution in [0.15, 0.2) is 11.6 Å². The summed E-state index contributed by atoms with van der Waals surface area (Å²) >= 11 is 0. The Kier molecular flexibility index (Phi) is 7.11. The summed E-state index contributed by atoms with van der Waals surface area (Å²) in [6.45, 7) is 8.78. The van der Waals surface area contributed by atoms with Gasteiger partial charge in [0.25, 0.3) is 0 Å². The quantitative estimate of drug-likeness (QED) is 0.389. The summed E-state index contributed by atoms with van der Waals surface area (Å²) in [5.41, 5.74) is 6.81. The molecule has 0 heterocycles. The number of hydrogen-bond acceptors (Lipinski definition) is 2. The second-order valence-corrected chi connectivity index (χ2v) is 3.84. The van der Waals surface area contributed by atoms with E-state index in [1.165, 1.54) is 5.57 Å². The molecular weight excluding hydrogens is 176 g/mol. The predicted molar refractivity (Wildman–Crippen MR) is 59.6 cm³/mol. The van der Waals surface area contributed by atoms with Crippen LogP contribution >= 0.6 is 0 Å². The third-order valence-electron chi connectivity index (χ3n) is 1.99. The SMILES string of the molecule is CCCC(C)C(=O)NNCC=C(C)C. The standard InChI is InChI=1S/C11H22N2O/c1-5-6-10(4)11(14)13-12-8-7-9(2)3/h7,10,12H,5-6,8H2,1-4H3,(H,13,14).